The minimum Gasteiger partial charge on any atom is -0.395 e. The molecule has 3 nitrogen and oxygen atoms in total. The van der Waals surface area contributed by atoms with Crippen molar-refractivity contribution in [2.45, 2.75) is 6.54 Å². The van der Waals surface area contributed by atoms with Gasteiger partial charge in [-0.1, -0.05) is 36.4 Å². The first-order valence-electron chi connectivity index (χ1n) is 6.23. The average molecular weight is 275 g/mol. The van der Waals surface area contributed by atoms with Gasteiger partial charge in [-0.15, -0.1) is 11.3 Å². The van der Waals surface area contributed by atoms with Gasteiger partial charge in [-0.2, -0.15) is 0 Å². The number of hydrogen-bond donors (Lipinski definition) is 1. The maximum absolute atomic E-state index is 12.1. The summed E-state index contributed by atoms with van der Waals surface area (Å²) in [6.45, 7) is 1.59. The lowest BCUT2D eigenvalue weighted by molar-refractivity contribution is 0.0912. The van der Waals surface area contributed by atoms with Gasteiger partial charge in [0.05, 0.1) is 18.0 Å². The van der Waals surface area contributed by atoms with Crippen molar-refractivity contribution < 1.29 is 9.90 Å². The van der Waals surface area contributed by atoms with Crippen LogP contribution in [0.5, 0.6) is 0 Å². The van der Waals surface area contributed by atoms with E-state index in [0.717, 1.165) is 10.4 Å². The first-order valence-corrected chi connectivity index (χ1v) is 7.11. The van der Waals surface area contributed by atoms with Crippen molar-refractivity contribution >= 4 is 17.1 Å². The van der Waals surface area contributed by atoms with Gasteiger partial charge in [-0.3, -0.25) is 9.69 Å². The van der Waals surface area contributed by atoms with Gasteiger partial charge < -0.3 is 5.11 Å². The summed E-state index contributed by atoms with van der Waals surface area (Å²) in [6, 6.07) is 13.7. The van der Waals surface area contributed by atoms with Gasteiger partial charge in [0.15, 0.2) is 5.78 Å². The Hall–Kier alpha value is -1.49. The van der Waals surface area contributed by atoms with Crippen molar-refractivity contribution in [3.05, 3.63) is 58.3 Å². The summed E-state index contributed by atoms with van der Waals surface area (Å²) in [5.74, 6) is 0.111. The lowest BCUT2D eigenvalue weighted by Crippen LogP contribution is -2.31. The maximum atomic E-state index is 12.1. The molecule has 0 radical (unpaired) electrons. The summed E-state index contributed by atoms with van der Waals surface area (Å²) in [4.78, 5) is 14.8. The predicted octanol–water partition coefficient (Wildman–Crippen LogP) is 2.43. The van der Waals surface area contributed by atoms with Crippen LogP contribution in [0.3, 0.4) is 0 Å². The van der Waals surface area contributed by atoms with Crippen LogP contribution >= 0.6 is 11.3 Å². The highest BCUT2D eigenvalue weighted by molar-refractivity contribution is 7.12. The third-order valence-electron chi connectivity index (χ3n) is 2.83. The lowest BCUT2D eigenvalue weighted by Gasteiger charge is -2.20. The number of carbonyl (C=O) groups is 1. The normalized spacial score (nSPS) is 10.8. The van der Waals surface area contributed by atoms with E-state index in [1.165, 1.54) is 11.3 Å². The monoisotopic (exact) mass is 275 g/mol. The maximum Gasteiger partial charge on any atom is 0.186 e. The highest BCUT2D eigenvalue weighted by atomic mass is 32.1. The Kier molecular flexibility index (Phi) is 5.27. The molecule has 0 aliphatic carbocycles. The molecule has 0 aliphatic heterocycles. The van der Waals surface area contributed by atoms with Gasteiger partial charge >= 0.3 is 0 Å². The minimum atomic E-state index is 0.0601. The van der Waals surface area contributed by atoms with E-state index in [2.05, 4.69) is 0 Å². The molecule has 1 aromatic heterocycles. The standard InChI is InChI=1S/C15H17NO2S/c17-9-8-16(11-13-5-2-1-3-6-13)12-14(18)15-7-4-10-19-15/h1-7,10,17H,8-9,11-12H2. The van der Waals surface area contributed by atoms with E-state index in [1.54, 1.807) is 0 Å². The molecule has 0 amide bonds. The van der Waals surface area contributed by atoms with Crippen LogP contribution < -0.4 is 0 Å². The summed E-state index contributed by atoms with van der Waals surface area (Å²) in [7, 11) is 0. The molecule has 0 aliphatic rings. The molecule has 100 valence electrons. The number of aliphatic hydroxyl groups is 1. The third-order valence-corrected chi connectivity index (χ3v) is 3.74. The van der Waals surface area contributed by atoms with Gasteiger partial charge in [0.25, 0.3) is 0 Å². The van der Waals surface area contributed by atoms with Crippen LogP contribution in [0.1, 0.15) is 15.2 Å². The Morgan fingerprint density at radius 3 is 2.58 bits per heavy atom. The second kappa shape index (κ2) is 7.19. The van der Waals surface area contributed by atoms with Crippen molar-refractivity contribution in [3.8, 4) is 0 Å². The van der Waals surface area contributed by atoms with Crippen molar-refractivity contribution in [3.63, 3.8) is 0 Å². The van der Waals surface area contributed by atoms with Gasteiger partial charge in [-0.05, 0) is 17.0 Å². The molecule has 2 aromatic rings. The number of aliphatic hydroxyl groups excluding tert-OH is 1. The number of rotatable bonds is 7. The Labute approximate surface area is 117 Å². The molecular weight excluding hydrogens is 258 g/mol. The van der Waals surface area contributed by atoms with E-state index in [0.29, 0.717) is 19.6 Å². The molecule has 0 bridgehead atoms. The van der Waals surface area contributed by atoms with Crippen LogP contribution in [0.4, 0.5) is 0 Å². The zero-order chi connectivity index (χ0) is 13.5. The number of ketones is 1. The van der Waals surface area contributed by atoms with Gasteiger partial charge in [0, 0.05) is 13.1 Å². The Balaban J connectivity index is 1.98. The van der Waals surface area contributed by atoms with Crippen LogP contribution in [0, 0.1) is 0 Å². The van der Waals surface area contributed by atoms with Crippen molar-refractivity contribution in [2.24, 2.45) is 0 Å². The fraction of sp³-hybridized carbons (Fsp3) is 0.267. The largest absolute Gasteiger partial charge is 0.395 e. The van der Waals surface area contributed by atoms with E-state index in [9.17, 15) is 4.79 Å². The zero-order valence-electron chi connectivity index (χ0n) is 10.7. The number of thiophene rings is 1. The first kappa shape index (κ1) is 13.9. The molecule has 1 N–H and O–H groups in total. The van der Waals surface area contributed by atoms with Gasteiger partial charge in [-0.25, -0.2) is 0 Å². The van der Waals surface area contributed by atoms with Crippen LogP contribution in [0.25, 0.3) is 0 Å². The number of Topliss-reactive ketones (excluding diaryl/α,β-unsaturated/α-hetero) is 1. The van der Waals surface area contributed by atoms with Crippen LogP contribution in [0.2, 0.25) is 0 Å². The van der Waals surface area contributed by atoms with E-state index < -0.39 is 0 Å². The SMILES string of the molecule is O=C(CN(CCO)Cc1ccccc1)c1cccs1. The highest BCUT2D eigenvalue weighted by Crippen LogP contribution is 2.11. The topological polar surface area (TPSA) is 40.5 Å². The second-order valence-corrected chi connectivity index (χ2v) is 5.27. The summed E-state index contributed by atoms with van der Waals surface area (Å²) in [5, 5.41) is 11.0. The second-order valence-electron chi connectivity index (χ2n) is 4.32. The summed E-state index contributed by atoms with van der Waals surface area (Å²) in [5.41, 5.74) is 1.15. The van der Waals surface area contributed by atoms with Crippen molar-refractivity contribution in [2.75, 3.05) is 19.7 Å². The van der Waals surface area contributed by atoms with Crippen molar-refractivity contribution in [1.29, 1.82) is 0 Å². The molecule has 0 spiro atoms. The quantitative estimate of drug-likeness (QED) is 0.789. The Morgan fingerprint density at radius 1 is 1.16 bits per heavy atom. The molecule has 1 aromatic carbocycles. The highest BCUT2D eigenvalue weighted by Gasteiger charge is 2.13. The molecule has 4 heteroatoms. The molecule has 0 saturated carbocycles. The van der Waals surface area contributed by atoms with Crippen LogP contribution in [-0.4, -0.2) is 35.5 Å². The molecule has 2 rings (SSSR count). The molecule has 0 unspecified atom stereocenters. The minimum absolute atomic E-state index is 0.0601. The van der Waals surface area contributed by atoms with E-state index in [-0.39, 0.29) is 12.4 Å². The van der Waals surface area contributed by atoms with E-state index in [1.807, 2.05) is 52.7 Å². The molecule has 1 heterocycles. The summed E-state index contributed by atoms with van der Waals surface area (Å²) >= 11 is 1.46. The molecule has 0 saturated heterocycles. The zero-order valence-corrected chi connectivity index (χ0v) is 11.5. The van der Waals surface area contributed by atoms with E-state index in [4.69, 9.17) is 5.11 Å². The molecule has 0 fully saturated rings. The number of carbonyl (C=O) groups excluding carboxylic acids is 1. The lowest BCUT2D eigenvalue weighted by atomic mass is 10.2. The Morgan fingerprint density at radius 2 is 1.95 bits per heavy atom. The van der Waals surface area contributed by atoms with Crippen LogP contribution in [-0.2, 0) is 6.54 Å². The fourth-order valence-corrected chi connectivity index (χ4v) is 2.57. The van der Waals surface area contributed by atoms with Gasteiger partial charge in [0.1, 0.15) is 0 Å². The summed E-state index contributed by atoms with van der Waals surface area (Å²) in [6.07, 6.45) is 0. The fourth-order valence-electron chi connectivity index (χ4n) is 1.92. The number of benzene rings is 1. The average Bonchev–Trinajstić information content (AvgIpc) is 2.94. The van der Waals surface area contributed by atoms with Crippen molar-refractivity contribution in [1.82, 2.24) is 4.90 Å². The van der Waals surface area contributed by atoms with Gasteiger partial charge in [0.2, 0.25) is 0 Å². The molecule has 19 heavy (non-hydrogen) atoms. The van der Waals surface area contributed by atoms with E-state index >= 15 is 0 Å². The summed E-state index contributed by atoms with van der Waals surface area (Å²) < 4.78 is 0. The van der Waals surface area contributed by atoms with Crippen LogP contribution in [0.15, 0.2) is 47.8 Å². The smallest absolute Gasteiger partial charge is 0.186 e. The first-order chi connectivity index (χ1) is 9.29. The molecular formula is C15H17NO2S. The number of hydrogen-bond acceptors (Lipinski definition) is 4. The third kappa shape index (κ3) is 4.28. The molecule has 0 atom stereocenters. The Bertz CT molecular complexity index is 496. The number of nitrogens with zero attached hydrogens (tertiary/aromatic N) is 1. The predicted molar refractivity (Wildman–Crippen MR) is 77.5 cm³/mol.